The number of rotatable bonds is 17. The van der Waals surface area contributed by atoms with E-state index in [9.17, 15) is 25.9 Å². The first-order valence-corrected chi connectivity index (χ1v) is 22.8. The standard InChI is InChI=1S/C35H44N10O6S5/c1-8-44(9-2)25-13-15-27(40-42-31-17-19-33(53-31)55(46,47)48)29(21-25)36-23(6)37-35(38-24(7)52-12-5)39-30-22-26(45(10-3)11-4)14-16-28(30)41-43-32-18-20-34(54-32)56(49,50)51/h13-22,36H,6,8-12H2,1-5,7H3,(H,37,39)(H,46,47,48)(H,49,50,51)/b38-24+,42-40?,43-41?. The molecule has 0 radical (unpaired) electrons. The van der Waals surface area contributed by atoms with E-state index < -0.39 is 20.2 Å². The fourth-order valence-corrected chi connectivity index (χ4v) is 8.63. The van der Waals surface area contributed by atoms with Crippen LogP contribution in [0.5, 0.6) is 0 Å². The van der Waals surface area contributed by atoms with Crippen LogP contribution in [0.4, 0.5) is 44.1 Å². The molecular weight excluding hydrogens is 817 g/mol. The van der Waals surface area contributed by atoms with Gasteiger partial charge in [-0.05, 0) is 101 Å². The molecule has 2 aromatic heterocycles. The van der Waals surface area contributed by atoms with Crippen molar-refractivity contribution in [2.45, 2.75) is 50.0 Å². The van der Waals surface area contributed by atoms with Gasteiger partial charge in [0.1, 0.15) is 35.6 Å². The zero-order chi connectivity index (χ0) is 41.0. The molecule has 2 heterocycles. The van der Waals surface area contributed by atoms with Crippen LogP contribution in [0.15, 0.2) is 112 Å². The van der Waals surface area contributed by atoms with Crippen molar-refractivity contribution in [2.75, 3.05) is 52.4 Å². The van der Waals surface area contributed by atoms with E-state index in [2.05, 4.69) is 47.5 Å². The van der Waals surface area contributed by atoms with Gasteiger partial charge in [0.25, 0.3) is 0 Å². The van der Waals surface area contributed by atoms with Crippen LogP contribution in [0, 0.1) is 0 Å². The number of azo groups is 2. The minimum Gasteiger partial charge on any atom is -0.372 e. The smallest absolute Gasteiger partial charge is 0.304 e. The Labute approximate surface area is 339 Å². The Balaban J connectivity index is 1.76. The number of nitrogens with one attached hydrogen (secondary N) is 2. The molecule has 21 heteroatoms. The third-order valence-electron chi connectivity index (χ3n) is 7.76. The largest absolute Gasteiger partial charge is 0.372 e. The summed E-state index contributed by atoms with van der Waals surface area (Å²) >= 11 is 3.09. The average molecular weight is 861 g/mol. The minimum atomic E-state index is -4.38. The molecule has 4 aromatic rings. The zero-order valence-corrected chi connectivity index (χ0v) is 35.7. The summed E-state index contributed by atoms with van der Waals surface area (Å²) < 4.78 is 64.7. The number of thiophene rings is 2. The second-order valence-electron chi connectivity index (χ2n) is 11.5. The van der Waals surface area contributed by atoms with E-state index >= 15 is 0 Å². The molecule has 2 aromatic carbocycles. The van der Waals surface area contributed by atoms with Crippen LogP contribution in [0.25, 0.3) is 0 Å². The monoisotopic (exact) mass is 860 g/mol. The molecule has 56 heavy (non-hydrogen) atoms. The molecule has 4 rings (SSSR count). The van der Waals surface area contributed by atoms with E-state index in [0.717, 1.165) is 71.0 Å². The van der Waals surface area contributed by atoms with Gasteiger partial charge in [0, 0.05) is 37.6 Å². The Bertz CT molecular complexity index is 2350. The van der Waals surface area contributed by atoms with Crippen LogP contribution in [-0.4, -0.2) is 68.9 Å². The Morgan fingerprint density at radius 3 is 1.52 bits per heavy atom. The summed E-state index contributed by atoms with van der Waals surface area (Å²) in [6.45, 7) is 19.2. The molecule has 0 bridgehead atoms. The van der Waals surface area contributed by atoms with Crippen LogP contribution in [0.1, 0.15) is 41.5 Å². The van der Waals surface area contributed by atoms with Gasteiger partial charge in [-0.1, -0.05) is 13.5 Å². The second kappa shape index (κ2) is 20.1. The molecule has 0 atom stereocenters. The van der Waals surface area contributed by atoms with Gasteiger partial charge in [-0.25, -0.2) is 4.99 Å². The van der Waals surface area contributed by atoms with E-state index in [0.29, 0.717) is 22.7 Å². The van der Waals surface area contributed by atoms with E-state index in [1.807, 2.05) is 65.8 Å². The van der Waals surface area contributed by atoms with Crippen molar-refractivity contribution in [1.82, 2.24) is 0 Å². The van der Waals surface area contributed by atoms with Gasteiger partial charge >= 0.3 is 20.2 Å². The van der Waals surface area contributed by atoms with Gasteiger partial charge < -0.3 is 20.4 Å². The Morgan fingerprint density at radius 1 is 0.679 bits per heavy atom. The van der Waals surface area contributed by atoms with Crippen LogP contribution in [0.2, 0.25) is 0 Å². The molecule has 300 valence electrons. The van der Waals surface area contributed by atoms with E-state index in [1.165, 1.54) is 36.0 Å². The first-order chi connectivity index (χ1) is 26.6. The van der Waals surface area contributed by atoms with Crippen molar-refractivity contribution in [1.29, 1.82) is 0 Å². The highest BCUT2D eigenvalue weighted by Gasteiger charge is 2.16. The van der Waals surface area contributed by atoms with Gasteiger partial charge in [-0.3, -0.25) is 9.11 Å². The third-order valence-corrected chi connectivity index (χ3v) is 13.1. The van der Waals surface area contributed by atoms with Crippen molar-refractivity contribution in [3.63, 3.8) is 0 Å². The highest BCUT2D eigenvalue weighted by atomic mass is 32.3. The molecule has 0 aliphatic carbocycles. The van der Waals surface area contributed by atoms with Crippen molar-refractivity contribution < 1.29 is 25.9 Å². The molecule has 16 nitrogen and oxygen atoms in total. The Kier molecular flexibility index (Phi) is 15.8. The van der Waals surface area contributed by atoms with Crippen LogP contribution in [-0.2, 0) is 20.2 Å². The van der Waals surface area contributed by atoms with Crippen molar-refractivity contribution in [3.05, 3.63) is 73.1 Å². The predicted octanol–water partition coefficient (Wildman–Crippen LogP) is 10.3. The first-order valence-electron chi connectivity index (χ1n) is 17.3. The number of thioether (sulfide) groups is 1. The van der Waals surface area contributed by atoms with Crippen molar-refractivity contribution in [2.24, 2.45) is 30.4 Å². The molecule has 0 aliphatic heterocycles. The normalized spacial score (nSPS) is 12.8. The summed E-state index contributed by atoms with van der Waals surface area (Å²) in [5, 5.41) is 25.1. The topological polar surface area (TPSA) is 213 Å². The second-order valence-corrected chi connectivity index (χ2v) is 18.4. The van der Waals surface area contributed by atoms with Crippen molar-refractivity contribution in [3.8, 4) is 0 Å². The molecule has 0 unspecified atom stereocenters. The molecule has 0 spiro atoms. The average Bonchev–Trinajstić information content (AvgIpc) is 3.83. The van der Waals surface area contributed by atoms with Gasteiger partial charge in [-0.2, -0.15) is 21.8 Å². The van der Waals surface area contributed by atoms with Crippen LogP contribution >= 0.6 is 34.4 Å². The maximum absolute atomic E-state index is 11.6. The predicted molar refractivity (Wildman–Crippen MR) is 232 cm³/mol. The molecule has 4 N–H and O–H groups in total. The summed E-state index contributed by atoms with van der Waals surface area (Å²) in [6.07, 6.45) is 0. The summed E-state index contributed by atoms with van der Waals surface area (Å²) in [5.74, 6) is 1.15. The first kappa shape index (κ1) is 44.2. The number of hydrogen-bond donors (Lipinski definition) is 4. The lowest BCUT2D eigenvalue weighted by atomic mass is 10.2. The SMILES string of the molecule is C=C(/N=C(\N=C(/C)SCC)Nc1cc(N(CC)CC)ccc1N=Nc1ccc(S(=O)(=O)O)s1)Nc1cc(N(CC)CC)ccc1N=Nc1ccc(S(=O)(=O)O)s1. The number of guanidine groups is 1. The number of hydrogen-bond acceptors (Lipinski definition) is 15. The molecule has 0 amide bonds. The van der Waals surface area contributed by atoms with Crippen molar-refractivity contribution >= 4 is 110 Å². The molecular formula is C35H44N10O6S5. The number of aliphatic imine (C=N–C) groups is 2. The third kappa shape index (κ3) is 12.5. The molecule has 0 saturated carbocycles. The van der Waals surface area contributed by atoms with Gasteiger partial charge in [-0.15, -0.1) is 54.9 Å². The summed E-state index contributed by atoms with van der Waals surface area (Å²) in [4.78, 5) is 13.8. The van der Waals surface area contributed by atoms with E-state index in [4.69, 9.17) is 9.98 Å². The Morgan fingerprint density at radius 2 is 1.12 bits per heavy atom. The lowest BCUT2D eigenvalue weighted by Gasteiger charge is -2.22. The maximum atomic E-state index is 11.6. The summed E-state index contributed by atoms with van der Waals surface area (Å²) in [7, 11) is -8.76. The van der Waals surface area contributed by atoms with Crippen LogP contribution in [0.3, 0.4) is 0 Å². The fraction of sp³-hybridized carbons (Fsp3) is 0.314. The van der Waals surface area contributed by atoms with E-state index in [1.54, 1.807) is 12.1 Å². The highest BCUT2D eigenvalue weighted by Crippen LogP contribution is 2.36. The zero-order valence-electron chi connectivity index (χ0n) is 31.7. The lowest BCUT2D eigenvalue weighted by molar-refractivity contribution is 0.483. The highest BCUT2D eigenvalue weighted by molar-refractivity contribution is 8.13. The van der Waals surface area contributed by atoms with Crippen LogP contribution < -0.4 is 20.4 Å². The van der Waals surface area contributed by atoms with E-state index in [-0.39, 0.29) is 30.2 Å². The lowest BCUT2D eigenvalue weighted by Crippen LogP contribution is -2.22. The number of benzene rings is 2. The van der Waals surface area contributed by atoms with Gasteiger partial charge in [0.2, 0.25) is 5.96 Å². The quantitative estimate of drug-likeness (QED) is 0.0339. The number of anilines is 4. The number of nitrogens with zero attached hydrogens (tertiary/aromatic N) is 8. The van der Waals surface area contributed by atoms with Gasteiger partial charge in [0.15, 0.2) is 0 Å². The molecule has 0 fully saturated rings. The molecule has 0 saturated heterocycles. The fourth-order valence-electron chi connectivity index (χ4n) is 5.11. The Hall–Kier alpha value is -4.51. The summed E-state index contributed by atoms with van der Waals surface area (Å²) in [6, 6.07) is 16.6. The minimum absolute atomic E-state index is 0.179. The summed E-state index contributed by atoms with van der Waals surface area (Å²) in [5.41, 5.74) is 3.65. The van der Waals surface area contributed by atoms with Gasteiger partial charge in [0.05, 0.1) is 16.4 Å². The maximum Gasteiger partial charge on any atom is 0.304 e. The molecule has 0 aliphatic rings.